The highest BCUT2D eigenvalue weighted by molar-refractivity contribution is 6.05. The molecule has 0 atom stereocenters. The molecule has 3 heterocycles. The molecule has 2 aromatic carbocycles. The summed E-state index contributed by atoms with van der Waals surface area (Å²) in [5, 5.41) is 7.23. The van der Waals surface area contributed by atoms with E-state index in [1.807, 2.05) is 66.1 Å². The number of nitrogens with one attached hydrogen (secondary N) is 1. The number of rotatable bonds is 7. The van der Waals surface area contributed by atoms with E-state index in [1.165, 1.54) is 5.56 Å². The van der Waals surface area contributed by atoms with Gasteiger partial charge in [-0.1, -0.05) is 30.3 Å². The van der Waals surface area contributed by atoms with Crippen molar-refractivity contribution in [3.63, 3.8) is 0 Å². The first-order chi connectivity index (χ1) is 19.7. The number of likely N-dealkylation sites (tertiary alicyclic amines) is 1. The number of aryl methyl sites for hydroxylation is 2. The van der Waals surface area contributed by atoms with Crippen LogP contribution in [0.4, 0.5) is 11.5 Å². The molecule has 212 valence electrons. The van der Waals surface area contributed by atoms with Crippen LogP contribution in [0, 0.1) is 6.92 Å². The monoisotopic (exact) mass is 550 g/mol. The van der Waals surface area contributed by atoms with Crippen LogP contribution < -0.4 is 10.2 Å². The Morgan fingerprint density at radius 2 is 1.66 bits per heavy atom. The molecule has 0 unspecified atom stereocenters. The Morgan fingerprint density at radius 1 is 0.951 bits per heavy atom. The SMILES string of the molecule is Cc1ccc(C(=O)N2CCC(c3ccc(-c4cnn(C)c4)cc3)CC2)cc1NC(=O)c1ccc(N(C)C(C)C)nc1. The second-order valence-electron chi connectivity index (χ2n) is 11.2. The fourth-order valence-corrected chi connectivity index (χ4v) is 5.19. The van der Waals surface area contributed by atoms with Gasteiger partial charge in [0.15, 0.2) is 0 Å². The first-order valence-electron chi connectivity index (χ1n) is 14.2. The van der Waals surface area contributed by atoms with E-state index in [4.69, 9.17) is 0 Å². The predicted octanol–water partition coefficient (Wildman–Crippen LogP) is 5.91. The van der Waals surface area contributed by atoms with Crippen molar-refractivity contribution in [1.82, 2.24) is 19.7 Å². The van der Waals surface area contributed by atoms with Crippen molar-refractivity contribution in [2.75, 3.05) is 30.4 Å². The summed E-state index contributed by atoms with van der Waals surface area (Å²) in [5.74, 6) is 0.981. The van der Waals surface area contributed by atoms with E-state index in [1.54, 1.807) is 18.3 Å². The van der Waals surface area contributed by atoms with Crippen LogP contribution in [-0.4, -0.2) is 57.7 Å². The molecule has 0 radical (unpaired) electrons. The molecule has 0 spiro atoms. The molecule has 1 N–H and O–H groups in total. The molecular weight excluding hydrogens is 512 g/mol. The molecule has 8 heteroatoms. The van der Waals surface area contributed by atoms with Crippen molar-refractivity contribution in [2.45, 2.75) is 45.6 Å². The quantitative estimate of drug-likeness (QED) is 0.309. The van der Waals surface area contributed by atoms with Gasteiger partial charge in [-0.2, -0.15) is 5.10 Å². The molecule has 0 aliphatic carbocycles. The zero-order valence-corrected chi connectivity index (χ0v) is 24.5. The second-order valence-corrected chi connectivity index (χ2v) is 11.2. The lowest BCUT2D eigenvalue weighted by Gasteiger charge is -2.32. The fraction of sp³-hybridized carbons (Fsp3) is 0.333. The van der Waals surface area contributed by atoms with Gasteiger partial charge in [-0.3, -0.25) is 14.3 Å². The summed E-state index contributed by atoms with van der Waals surface area (Å²) >= 11 is 0. The Kier molecular flexibility index (Phi) is 8.19. The van der Waals surface area contributed by atoms with Gasteiger partial charge in [0.2, 0.25) is 0 Å². The molecule has 41 heavy (non-hydrogen) atoms. The van der Waals surface area contributed by atoms with Gasteiger partial charge in [0.25, 0.3) is 11.8 Å². The molecule has 2 amide bonds. The average molecular weight is 551 g/mol. The van der Waals surface area contributed by atoms with Gasteiger partial charge < -0.3 is 15.1 Å². The van der Waals surface area contributed by atoms with E-state index in [0.29, 0.717) is 41.9 Å². The summed E-state index contributed by atoms with van der Waals surface area (Å²) < 4.78 is 1.81. The maximum Gasteiger partial charge on any atom is 0.257 e. The van der Waals surface area contributed by atoms with Crippen LogP contribution in [0.1, 0.15) is 64.4 Å². The van der Waals surface area contributed by atoms with Crippen molar-refractivity contribution in [3.05, 3.63) is 95.4 Å². The van der Waals surface area contributed by atoms with E-state index >= 15 is 0 Å². The molecule has 1 aliphatic heterocycles. The van der Waals surface area contributed by atoms with E-state index in [0.717, 1.165) is 35.3 Å². The Hall–Kier alpha value is -4.46. The van der Waals surface area contributed by atoms with Gasteiger partial charge in [-0.25, -0.2) is 4.98 Å². The summed E-state index contributed by atoms with van der Waals surface area (Å²) in [7, 11) is 3.90. The molecule has 1 fully saturated rings. The van der Waals surface area contributed by atoms with Crippen LogP contribution in [0.25, 0.3) is 11.1 Å². The van der Waals surface area contributed by atoms with Gasteiger partial charge in [-0.05, 0) is 80.5 Å². The predicted molar refractivity (Wildman–Crippen MR) is 163 cm³/mol. The van der Waals surface area contributed by atoms with E-state index in [9.17, 15) is 9.59 Å². The fourth-order valence-electron chi connectivity index (χ4n) is 5.19. The van der Waals surface area contributed by atoms with E-state index in [2.05, 4.69) is 53.5 Å². The van der Waals surface area contributed by atoms with Crippen molar-refractivity contribution in [1.29, 1.82) is 0 Å². The van der Waals surface area contributed by atoms with Gasteiger partial charge >= 0.3 is 0 Å². The van der Waals surface area contributed by atoms with Gasteiger partial charge in [0.05, 0.1) is 11.8 Å². The third-order valence-corrected chi connectivity index (χ3v) is 8.08. The topological polar surface area (TPSA) is 83.4 Å². The summed E-state index contributed by atoms with van der Waals surface area (Å²) in [6, 6.07) is 18.1. The number of aromatic nitrogens is 3. The third-order valence-electron chi connectivity index (χ3n) is 8.08. The maximum atomic E-state index is 13.4. The minimum absolute atomic E-state index is 0.00591. The van der Waals surface area contributed by atoms with Crippen molar-refractivity contribution in [3.8, 4) is 11.1 Å². The summed E-state index contributed by atoms with van der Waals surface area (Å²) in [6.07, 6.45) is 7.32. The lowest BCUT2D eigenvalue weighted by atomic mass is 9.88. The maximum absolute atomic E-state index is 13.4. The zero-order chi connectivity index (χ0) is 29.1. The first-order valence-corrected chi connectivity index (χ1v) is 14.2. The second kappa shape index (κ2) is 12.0. The number of pyridine rings is 1. The molecule has 4 aromatic rings. The summed E-state index contributed by atoms with van der Waals surface area (Å²) in [5.41, 5.74) is 6.15. The Labute approximate surface area is 242 Å². The summed E-state index contributed by atoms with van der Waals surface area (Å²) in [4.78, 5) is 34.8. The minimum Gasteiger partial charge on any atom is -0.357 e. The molecule has 0 bridgehead atoms. The van der Waals surface area contributed by atoms with Crippen molar-refractivity contribution in [2.24, 2.45) is 7.05 Å². The largest absolute Gasteiger partial charge is 0.357 e. The number of carbonyl (C=O) groups excluding carboxylic acids is 2. The van der Waals surface area contributed by atoms with E-state index in [-0.39, 0.29) is 11.8 Å². The first kappa shape index (κ1) is 28.1. The van der Waals surface area contributed by atoms with Crippen LogP contribution in [-0.2, 0) is 7.05 Å². The zero-order valence-electron chi connectivity index (χ0n) is 24.5. The highest BCUT2D eigenvalue weighted by atomic mass is 16.2. The number of benzene rings is 2. The number of hydrogen-bond acceptors (Lipinski definition) is 5. The minimum atomic E-state index is -0.251. The standard InChI is InChI=1S/C33H38N6O2/c1-22(2)38(5)31-13-12-28(19-34-31)32(40)36-30-18-27(7-6-23(30)3)33(41)39-16-14-26(15-17-39)24-8-10-25(11-9-24)29-20-35-37(4)21-29/h6-13,18-22,26H,14-17H2,1-5H3,(H,36,40). The lowest BCUT2D eigenvalue weighted by Crippen LogP contribution is -2.38. The number of amides is 2. The molecule has 5 rings (SSSR count). The van der Waals surface area contributed by atoms with Crippen molar-refractivity contribution < 1.29 is 9.59 Å². The molecule has 0 saturated carbocycles. The average Bonchev–Trinajstić information content (AvgIpc) is 3.44. The van der Waals surface area contributed by atoms with Crippen LogP contribution in [0.3, 0.4) is 0 Å². The Balaban J connectivity index is 1.20. The number of anilines is 2. The van der Waals surface area contributed by atoms with Crippen LogP contribution in [0.5, 0.6) is 0 Å². The Morgan fingerprint density at radius 3 is 2.27 bits per heavy atom. The van der Waals surface area contributed by atoms with Gasteiger partial charge in [-0.15, -0.1) is 0 Å². The molecule has 1 aliphatic rings. The number of nitrogens with zero attached hydrogens (tertiary/aromatic N) is 5. The van der Waals surface area contributed by atoms with Gasteiger partial charge in [0.1, 0.15) is 5.82 Å². The number of piperidine rings is 1. The third kappa shape index (κ3) is 6.32. The number of carbonyl (C=O) groups is 2. The molecule has 8 nitrogen and oxygen atoms in total. The van der Waals surface area contributed by atoms with E-state index < -0.39 is 0 Å². The number of hydrogen-bond donors (Lipinski definition) is 1. The highest BCUT2D eigenvalue weighted by Crippen LogP contribution is 2.31. The van der Waals surface area contributed by atoms with Crippen LogP contribution in [0.2, 0.25) is 0 Å². The normalized spacial score (nSPS) is 13.9. The molecular formula is C33H38N6O2. The highest BCUT2D eigenvalue weighted by Gasteiger charge is 2.25. The summed E-state index contributed by atoms with van der Waals surface area (Å²) in [6.45, 7) is 7.50. The van der Waals surface area contributed by atoms with Gasteiger partial charge in [0, 0.05) is 62.4 Å². The lowest BCUT2D eigenvalue weighted by molar-refractivity contribution is 0.0712. The molecule has 2 aromatic heterocycles. The molecule has 1 saturated heterocycles. The van der Waals surface area contributed by atoms with Crippen LogP contribution >= 0.6 is 0 Å². The Bertz CT molecular complexity index is 1520. The van der Waals surface area contributed by atoms with Crippen LogP contribution in [0.15, 0.2) is 73.2 Å². The smallest absolute Gasteiger partial charge is 0.257 e. The van der Waals surface area contributed by atoms with Crippen molar-refractivity contribution >= 4 is 23.3 Å².